The Morgan fingerprint density at radius 3 is 2.71 bits per heavy atom. The minimum Gasteiger partial charge on any atom is -0.409 e. The van der Waals surface area contributed by atoms with E-state index >= 15 is 0 Å². The molecule has 21 heavy (non-hydrogen) atoms. The first-order chi connectivity index (χ1) is 9.84. The number of ether oxygens (including phenoxy) is 1. The minimum absolute atomic E-state index is 0.0424. The number of halogens is 3. The number of benzene rings is 1. The van der Waals surface area contributed by atoms with Crippen molar-refractivity contribution in [1.82, 2.24) is 0 Å². The van der Waals surface area contributed by atoms with Crippen LogP contribution in [0.15, 0.2) is 23.4 Å². The maximum atomic E-state index is 13.1. The topological polar surface area (TPSA) is 71.1 Å². The SMILES string of the molecule is CN(c1ccc(/C(N)=N/O)c(C(F)(F)F)c1)C1CCOC1. The van der Waals surface area contributed by atoms with Crippen molar-refractivity contribution < 1.29 is 23.1 Å². The number of nitrogens with two attached hydrogens (primary N) is 1. The van der Waals surface area contributed by atoms with E-state index in [-0.39, 0.29) is 11.6 Å². The number of hydrogen-bond acceptors (Lipinski definition) is 4. The quantitative estimate of drug-likeness (QED) is 0.388. The van der Waals surface area contributed by atoms with Crippen LogP contribution in [0.5, 0.6) is 0 Å². The highest BCUT2D eigenvalue weighted by atomic mass is 19.4. The van der Waals surface area contributed by atoms with Gasteiger partial charge in [0.15, 0.2) is 5.84 Å². The van der Waals surface area contributed by atoms with Gasteiger partial charge in [-0.25, -0.2) is 0 Å². The van der Waals surface area contributed by atoms with E-state index in [1.165, 1.54) is 12.1 Å². The maximum Gasteiger partial charge on any atom is 0.417 e. The van der Waals surface area contributed by atoms with Gasteiger partial charge in [0.2, 0.25) is 0 Å². The van der Waals surface area contributed by atoms with Crippen LogP contribution >= 0.6 is 0 Å². The summed E-state index contributed by atoms with van der Waals surface area (Å²) in [7, 11) is 1.72. The molecule has 3 N–H and O–H groups in total. The summed E-state index contributed by atoms with van der Waals surface area (Å²) in [5.74, 6) is -0.569. The lowest BCUT2D eigenvalue weighted by molar-refractivity contribution is -0.137. The van der Waals surface area contributed by atoms with Crippen molar-refractivity contribution in [2.75, 3.05) is 25.2 Å². The van der Waals surface area contributed by atoms with Gasteiger partial charge < -0.3 is 20.6 Å². The van der Waals surface area contributed by atoms with E-state index in [2.05, 4.69) is 5.16 Å². The molecular weight excluding hydrogens is 287 g/mol. The molecule has 5 nitrogen and oxygen atoms in total. The second-order valence-electron chi connectivity index (χ2n) is 4.84. The molecule has 1 aromatic carbocycles. The van der Waals surface area contributed by atoms with Gasteiger partial charge in [-0.15, -0.1) is 0 Å². The molecule has 1 aliphatic rings. The van der Waals surface area contributed by atoms with Gasteiger partial charge in [-0.05, 0) is 24.6 Å². The Labute approximate surface area is 119 Å². The van der Waals surface area contributed by atoms with Crippen LogP contribution in [-0.2, 0) is 10.9 Å². The van der Waals surface area contributed by atoms with E-state index in [4.69, 9.17) is 15.7 Å². The predicted octanol–water partition coefficient (Wildman–Crippen LogP) is 2.03. The number of amidine groups is 1. The lowest BCUT2D eigenvalue weighted by atomic mass is 10.0. The Morgan fingerprint density at radius 1 is 1.48 bits per heavy atom. The molecule has 1 unspecified atom stereocenters. The van der Waals surface area contributed by atoms with Crippen LogP contribution in [0.1, 0.15) is 17.5 Å². The van der Waals surface area contributed by atoms with Crippen molar-refractivity contribution in [2.24, 2.45) is 10.9 Å². The molecule has 0 saturated carbocycles. The second-order valence-corrected chi connectivity index (χ2v) is 4.84. The van der Waals surface area contributed by atoms with E-state index in [1.54, 1.807) is 11.9 Å². The molecule has 0 radical (unpaired) electrons. The average Bonchev–Trinajstić information content (AvgIpc) is 2.98. The zero-order valence-electron chi connectivity index (χ0n) is 11.4. The van der Waals surface area contributed by atoms with E-state index in [1.807, 2.05) is 0 Å². The van der Waals surface area contributed by atoms with Crippen molar-refractivity contribution >= 4 is 11.5 Å². The molecule has 0 amide bonds. The summed E-state index contributed by atoms with van der Waals surface area (Å²) >= 11 is 0. The Bertz CT molecular complexity index is 540. The van der Waals surface area contributed by atoms with Crippen LogP contribution in [0.25, 0.3) is 0 Å². The molecule has 0 aliphatic carbocycles. The molecule has 2 rings (SSSR count). The average molecular weight is 303 g/mol. The molecular formula is C13H16F3N3O2. The monoisotopic (exact) mass is 303 g/mol. The van der Waals surface area contributed by atoms with E-state index < -0.39 is 17.6 Å². The van der Waals surface area contributed by atoms with Crippen molar-refractivity contribution in [2.45, 2.75) is 18.6 Å². The van der Waals surface area contributed by atoms with E-state index in [0.29, 0.717) is 18.9 Å². The van der Waals surface area contributed by atoms with Crippen molar-refractivity contribution in [3.05, 3.63) is 29.3 Å². The van der Waals surface area contributed by atoms with Gasteiger partial charge in [0.1, 0.15) is 0 Å². The number of nitrogens with zero attached hydrogens (tertiary/aromatic N) is 2. The van der Waals surface area contributed by atoms with Crippen LogP contribution in [0.3, 0.4) is 0 Å². The normalized spacial score (nSPS) is 19.8. The Kier molecular flexibility index (Phi) is 4.26. The molecule has 8 heteroatoms. The largest absolute Gasteiger partial charge is 0.417 e. The summed E-state index contributed by atoms with van der Waals surface area (Å²) in [6.07, 6.45) is -3.83. The van der Waals surface area contributed by atoms with Gasteiger partial charge in [-0.1, -0.05) is 5.16 Å². The first-order valence-electron chi connectivity index (χ1n) is 6.34. The molecule has 1 fully saturated rings. The summed E-state index contributed by atoms with van der Waals surface area (Å²) in [6, 6.07) is 3.77. The zero-order valence-corrected chi connectivity index (χ0v) is 11.4. The van der Waals surface area contributed by atoms with Crippen LogP contribution < -0.4 is 10.6 Å². The number of rotatable bonds is 3. The first kappa shape index (κ1) is 15.4. The first-order valence-corrected chi connectivity index (χ1v) is 6.34. The fraction of sp³-hybridized carbons (Fsp3) is 0.462. The molecule has 1 saturated heterocycles. The molecule has 1 aromatic rings. The number of oxime groups is 1. The van der Waals surface area contributed by atoms with Crippen LogP contribution in [-0.4, -0.2) is 37.3 Å². The summed E-state index contributed by atoms with van der Waals surface area (Å²) in [5.41, 5.74) is 4.44. The zero-order chi connectivity index (χ0) is 15.6. The summed E-state index contributed by atoms with van der Waals surface area (Å²) in [4.78, 5) is 1.75. The third-order valence-electron chi connectivity index (χ3n) is 3.55. The summed E-state index contributed by atoms with van der Waals surface area (Å²) in [6.45, 7) is 1.09. The lowest BCUT2D eigenvalue weighted by Crippen LogP contribution is -2.32. The summed E-state index contributed by atoms with van der Waals surface area (Å²) in [5, 5.41) is 11.2. The molecule has 1 heterocycles. The fourth-order valence-electron chi connectivity index (χ4n) is 2.30. The second kappa shape index (κ2) is 5.80. The molecule has 1 atom stereocenters. The molecule has 116 valence electrons. The van der Waals surface area contributed by atoms with Gasteiger partial charge in [0.25, 0.3) is 0 Å². The summed E-state index contributed by atoms with van der Waals surface area (Å²) < 4.78 is 44.6. The number of likely N-dealkylation sites (N-methyl/N-ethyl adjacent to an activating group) is 1. The van der Waals surface area contributed by atoms with E-state index in [9.17, 15) is 13.2 Å². The third-order valence-corrected chi connectivity index (χ3v) is 3.55. The smallest absolute Gasteiger partial charge is 0.409 e. The lowest BCUT2D eigenvalue weighted by Gasteiger charge is -2.26. The van der Waals surface area contributed by atoms with Gasteiger partial charge in [0, 0.05) is 24.9 Å². The Morgan fingerprint density at radius 2 is 2.19 bits per heavy atom. The predicted molar refractivity (Wildman–Crippen MR) is 71.6 cm³/mol. The number of alkyl halides is 3. The maximum absolute atomic E-state index is 13.1. The van der Waals surface area contributed by atoms with Crippen LogP contribution in [0, 0.1) is 0 Å². The van der Waals surface area contributed by atoms with Gasteiger partial charge >= 0.3 is 6.18 Å². The number of anilines is 1. The molecule has 1 aliphatic heterocycles. The standard InChI is InChI=1S/C13H16F3N3O2/c1-19(9-4-5-21-7-9)8-2-3-10(12(17)18-20)11(6-8)13(14,15)16/h2-3,6,9,20H,4-5,7H2,1H3,(H2,17,18). The highest BCUT2D eigenvalue weighted by Gasteiger charge is 2.35. The van der Waals surface area contributed by atoms with Crippen molar-refractivity contribution in [1.29, 1.82) is 0 Å². The molecule has 0 bridgehead atoms. The Balaban J connectivity index is 2.41. The van der Waals surface area contributed by atoms with Gasteiger partial charge in [-0.2, -0.15) is 13.2 Å². The Hall–Kier alpha value is -1.96. The highest BCUT2D eigenvalue weighted by Crippen LogP contribution is 2.35. The van der Waals surface area contributed by atoms with Gasteiger partial charge in [0.05, 0.1) is 18.2 Å². The fourth-order valence-corrected chi connectivity index (χ4v) is 2.30. The van der Waals surface area contributed by atoms with Crippen molar-refractivity contribution in [3.8, 4) is 0 Å². The van der Waals surface area contributed by atoms with Gasteiger partial charge in [-0.3, -0.25) is 0 Å². The third kappa shape index (κ3) is 3.21. The minimum atomic E-state index is -4.59. The van der Waals surface area contributed by atoms with E-state index in [0.717, 1.165) is 12.5 Å². The van der Waals surface area contributed by atoms with Crippen molar-refractivity contribution in [3.63, 3.8) is 0 Å². The molecule has 0 spiro atoms. The number of hydrogen-bond donors (Lipinski definition) is 2. The molecule has 0 aromatic heterocycles. The van der Waals surface area contributed by atoms with Crippen LogP contribution in [0.4, 0.5) is 18.9 Å². The highest BCUT2D eigenvalue weighted by molar-refractivity contribution is 5.99. The van der Waals surface area contributed by atoms with Crippen LogP contribution in [0.2, 0.25) is 0 Å².